The predicted octanol–water partition coefficient (Wildman–Crippen LogP) is 8.31. The summed E-state index contributed by atoms with van der Waals surface area (Å²) in [5.41, 5.74) is 0. The Bertz CT molecular complexity index is 1360. The molecule has 0 aliphatic carbocycles. The number of hydrogen-bond acceptors (Lipinski definition) is 5. The first-order chi connectivity index (χ1) is 23.2. The van der Waals surface area contributed by atoms with Crippen LogP contribution in [0.25, 0.3) is 0 Å². The van der Waals surface area contributed by atoms with Crippen LogP contribution >= 0.6 is 0 Å². The van der Waals surface area contributed by atoms with Gasteiger partial charge in [0.2, 0.25) is 0 Å². The van der Waals surface area contributed by atoms with Crippen molar-refractivity contribution in [1.29, 1.82) is 0 Å². The normalized spacial score (nSPS) is 19.9. The molecule has 1 N–H and O–H groups in total. The fourth-order valence-electron chi connectivity index (χ4n) is 2.63. The van der Waals surface area contributed by atoms with Gasteiger partial charge in [0.25, 0.3) is 5.91 Å². The van der Waals surface area contributed by atoms with Crippen LogP contribution in [0, 0.1) is 0 Å². The summed E-state index contributed by atoms with van der Waals surface area (Å²) in [6.45, 7) is -1.44. The first-order valence-corrected chi connectivity index (χ1v) is 12.1. The highest BCUT2D eigenvalue weighted by atomic mass is 19.4. The number of rotatable bonds is 15. The number of halogens is 29. The Labute approximate surface area is 280 Å². The van der Waals surface area contributed by atoms with Crippen LogP contribution in [-0.2, 0) is 23.7 Å². The fraction of sp³-hybridized carbons (Fsp3) is 0.947. The predicted molar refractivity (Wildman–Crippen MR) is 106 cm³/mol. The Hall–Kier alpha value is -2.76. The van der Waals surface area contributed by atoms with Crippen molar-refractivity contribution in [2.24, 2.45) is 0 Å². The standard InChI is InChI=1S/C19H11F29N2O5/c1-50(2,3)4-49-5(51)6(20,11(26,27)28)52-17(43,44)8(23,13(32,33)34)54-19(47,48)10(25,15(38,39)40)55-18(45,46)9(24,14(35,36)37)53-16(41,42)7(21,22)12(29,30)31/h4H2,1-3H3/p+1. The summed E-state index contributed by atoms with van der Waals surface area (Å²) in [6, 6.07) is 0. The van der Waals surface area contributed by atoms with Crippen molar-refractivity contribution in [3.63, 3.8) is 0 Å². The number of quaternary nitrogens is 1. The third-order valence-electron chi connectivity index (χ3n) is 5.38. The molecular weight excluding hydrogens is 887 g/mol. The molecule has 0 saturated heterocycles. The highest BCUT2D eigenvalue weighted by Gasteiger charge is 2.90. The zero-order valence-corrected chi connectivity index (χ0v) is 25.2. The third-order valence-corrected chi connectivity index (χ3v) is 5.38. The first-order valence-electron chi connectivity index (χ1n) is 12.1. The van der Waals surface area contributed by atoms with Gasteiger partial charge in [0, 0.05) is 0 Å². The van der Waals surface area contributed by atoms with E-state index in [0.29, 0.717) is 5.32 Å². The molecule has 0 aromatic rings. The van der Waals surface area contributed by atoms with E-state index in [0.717, 1.165) is 35.4 Å². The molecule has 0 bridgehead atoms. The summed E-state index contributed by atoms with van der Waals surface area (Å²) >= 11 is 0. The Kier molecular flexibility index (Phi) is 13.3. The Morgan fingerprint density at radius 2 is 0.655 bits per heavy atom. The molecule has 0 rings (SSSR count). The summed E-state index contributed by atoms with van der Waals surface area (Å²) in [5.74, 6) is -46.6. The van der Waals surface area contributed by atoms with Gasteiger partial charge in [0.15, 0.2) is 6.67 Å². The summed E-state index contributed by atoms with van der Waals surface area (Å²) in [6.07, 6.45) is -77.4. The lowest BCUT2D eigenvalue weighted by Gasteiger charge is -2.44. The second-order valence-electron chi connectivity index (χ2n) is 10.9. The SMILES string of the molecule is C[N+](C)(C)CNC(=O)C(F)(OC(F)(F)C(F)(OC(F)(F)C(F)(OC(F)(F)C(F)(OC(F)(F)C(F)(F)C(F)(F)F)C(F)(F)F)C(F)(F)F)C(F)(F)F)C(F)(F)F. The Balaban J connectivity index is 7.72. The van der Waals surface area contributed by atoms with Gasteiger partial charge in [-0.2, -0.15) is 127 Å². The molecule has 55 heavy (non-hydrogen) atoms. The fourth-order valence-corrected chi connectivity index (χ4v) is 2.63. The largest absolute Gasteiger partial charge is 0.462 e. The molecule has 36 heteroatoms. The number of amides is 1. The van der Waals surface area contributed by atoms with E-state index in [1.54, 1.807) is 4.74 Å². The first kappa shape index (κ1) is 52.2. The number of carbonyl (C=O) groups is 1. The lowest BCUT2D eigenvalue weighted by molar-refractivity contribution is -0.872. The molecular formula is C19H12F29N2O5+. The molecule has 0 aromatic carbocycles. The van der Waals surface area contributed by atoms with Gasteiger partial charge in [-0.05, 0) is 0 Å². The smallest absolute Gasteiger partial charge is 0.314 e. The van der Waals surface area contributed by atoms with Crippen LogP contribution < -0.4 is 5.32 Å². The van der Waals surface area contributed by atoms with E-state index in [1.165, 1.54) is 0 Å². The van der Waals surface area contributed by atoms with Gasteiger partial charge in [0.05, 0.1) is 21.1 Å². The molecule has 7 nitrogen and oxygen atoms in total. The highest BCUT2D eigenvalue weighted by Crippen LogP contribution is 2.61. The van der Waals surface area contributed by atoms with Gasteiger partial charge >= 0.3 is 84.7 Å². The van der Waals surface area contributed by atoms with Crippen LogP contribution in [0.5, 0.6) is 0 Å². The van der Waals surface area contributed by atoms with E-state index in [1.807, 2.05) is 0 Å². The summed E-state index contributed by atoms with van der Waals surface area (Å²) in [4.78, 5) is 11.7. The van der Waals surface area contributed by atoms with E-state index >= 15 is 0 Å². The van der Waals surface area contributed by atoms with Crippen LogP contribution in [0.15, 0.2) is 0 Å². The Morgan fingerprint density at radius 3 is 0.873 bits per heavy atom. The summed E-state index contributed by atoms with van der Waals surface area (Å²) < 4.78 is 394. The van der Waals surface area contributed by atoms with Crippen molar-refractivity contribution in [2.75, 3.05) is 27.8 Å². The lowest BCUT2D eigenvalue weighted by atomic mass is 10.2. The van der Waals surface area contributed by atoms with Crippen LogP contribution in [0.1, 0.15) is 0 Å². The van der Waals surface area contributed by atoms with Crippen molar-refractivity contribution in [3.05, 3.63) is 0 Å². The topological polar surface area (TPSA) is 66.0 Å². The minimum Gasteiger partial charge on any atom is -0.314 e. The molecule has 0 radical (unpaired) electrons. The second-order valence-corrected chi connectivity index (χ2v) is 10.9. The molecule has 0 aromatic heterocycles. The minimum absolute atomic E-state index is 0.634. The summed E-state index contributed by atoms with van der Waals surface area (Å²) in [7, 11) is 2.51. The number of nitrogens with zero attached hydrogens (tertiary/aromatic N) is 1. The van der Waals surface area contributed by atoms with Crippen molar-refractivity contribution >= 4 is 5.91 Å². The van der Waals surface area contributed by atoms with Crippen LogP contribution in [0.2, 0.25) is 0 Å². The van der Waals surface area contributed by atoms with E-state index in [9.17, 15) is 132 Å². The maximum atomic E-state index is 14.7. The van der Waals surface area contributed by atoms with Gasteiger partial charge in [-0.3, -0.25) is 23.7 Å². The lowest BCUT2D eigenvalue weighted by Crippen LogP contribution is -2.72. The number of carbonyl (C=O) groups excluding carboxylic acids is 1. The molecule has 330 valence electrons. The zero-order chi connectivity index (χ0) is 45.3. The monoisotopic (exact) mass is 899 g/mol. The van der Waals surface area contributed by atoms with E-state index in [-0.39, 0.29) is 0 Å². The minimum atomic E-state index is -9.24. The van der Waals surface area contributed by atoms with Gasteiger partial charge in [-0.25, -0.2) is 0 Å². The second kappa shape index (κ2) is 14.0. The van der Waals surface area contributed by atoms with Crippen molar-refractivity contribution in [3.8, 4) is 0 Å². The summed E-state index contributed by atoms with van der Waals surface area (Å²) in [5, 5.41) is 0.634. The van der Waals surface area contributed by atoms with Crippen molar-refractivity contribution < 1.29 is 156 Å². The quantitative estimate of drug-likeness (QED) is 0.102. The maximum Gasteiger partial charge on any atom is 0.462 e. The molecule has 0 heterocycles. The van der Waals surface area contributed by atoms with Gasteiger partial charge in [-0.15, -0.1) is 0 Å². The van der Waals surface area contributed by atoms with E-state index < -0.39 is 102 Å². The molecule has 0 aliphatic heterocycles. The van der Waals surface area contributed by atoms with Crippen molar-refractivity contribution in [1.82, 2.24) is 5.32 Å². The zero-order valence-electron chi connectivity index (χ0n) is 25.2. The third kappa shape index (κ3) is 9.52. The Morgan fingerprint density at radius 1 is 0.400 bits per heavy atom. The average molecular weight is 899 g/mol. The van der Waals surface area contributed by atoms with Crippen LogP contribution in [-0.4, -0.2) is 123 Å². The molecule has 0 saturated carbocycles. The maximum absolute atomic E-state index is 14.7. The van der Waals surface area contributed by atoms with Crippen LogP contribution in [0.4, 0.5) is 127 Å². The molecule has 4 atom stereocenters. The van der Waals surface area contributed by atoms with Gasteiger partial charge in [0.1, 0.15) is 0 Å². The average Bonchev–Trinajstić information content (AvgIpc) is 2.86. The molecule has 4 unspecified atom stereocenters. The molecule has 1 amide bonds. The van der Waals surface area contributed by atoms with Gasteiger partial charge in [-0.1, -0.05) is 0 Å². The number of nitrogens with one attached hydrogen (secondary N) is 1. The van der Waals surface area contributed by atoms with E-state index in [4.69, 9.17) is 0 Å². The number of alkyl halides is 29. The molecule has 0 aliphatic rings. The molecule has 0 fully saturated rings. The molecule has 0 spiro atoms. The van der Waals surface area contributed by atoms with Crippen molar-refractivity contribution in [2.45, 2.75) is 84.7 Å². The number of ether oxygens (including phenoxy) is 4. The van der Waals surface area contributed by atoms with Gasteiger partial charge < -0.3 is 9.80 Å². The van der Waals surface area contributed by atoms with Crippen LogP contribution in [0.3, 0.4) is 0 Å². The van der Waals surface area contributed by atoms with E-state index in [2.05, 4.69) is 0 Å². The highest BCUT2D eigenvalue weighted by molar-refractivity contribution is 5.84. The number of hydrogen-bond donors (Lipinski definition) is 1.